The van der Waals surface area contributed by atoms with E-state index in [1.54, 1.807) is 12.1 Å². The number of ether oxygens (including phenoxy) is 1. The van der Waals surface area contributed by atoms with Crippen LogP contribution in [-0.2, 0) is 6.61 Å². The maximum absolute atomic E-state index is 12.2. The summed E-state index contributed by atoms with van der Waals surface area (Å²) in [4.78, 5) is 12.2. The molecule has 0 amide bonds. The average Bonchev–Trinajstić information content (AvgIpc) is 3.04. The van der Waals surface area contributed by atoms with Gasteiger partial charge in [-0.1, -0.05) is 32.4 Å². The molecule has 1 heterocycles. The van der Waals surface area contributed by atoms with E-state index in [1.807, 2.05) is 20.8 Å². The van der Waals surface area contributed by atoms with Crippen LogP contribution in [0, 0.1) is 0 Å². The summed E-state index contributed by atoms with van der Waals surface area (Å²) in [6.45, 7) is 6.08. The summed E-state index contributed by atoms with van der Waals surface area (Å²) in [6, 6.07) is 3.48. The van der Waals surface area contributed by atoms with Crippen molar-refractivity contribution in [2.45, 2.75) is 45.6 Å². The minimum Gasteiger partial charge on any atom is -0.483 e. The molecule has 0 N–H and O–H groups in total. The summed E-state index contributed by atoms with van der Waals surface area (Å²) in [5.41, 5.74) is 1.46. The van der Waals surface area contributed by atoms with Crippen molar-refractivity contribution < 1.29 is 13.9 Å². The van der Waals surface area contributed by atoms with Crippen LogP contribution < -0.4 is 4.74 Å². The van der Waals surface area contributed by atoms with Gasteiger partial charge in [0.15, 0.2) is 12.4 Å². The van der Waals surface area contributed by atoms with Crippen LogP contribution in [0.4, 0.5) is 0 Å². The maximum Gasteiger partial charge on any atom is 0.253 e. The fourth-order valence-corrected chi connectivity index (χ4v) is 2.99. The molecule has 0 unspecified atom stereocenters. The van der Waals surface area contributed by atoms with Gasteiger partial charge in [-0.2, -0.15) is 0 Å². The topological polar surface area (TPSA) is 65.2 Å². The Bertz CT molecular complexity index is 724. The smallest absolute Gasteiger partial charge is 0.253 e. The van der Waals surface area contributed by atoms with Crippen LogP contribution in [0.25, 0.3) is 0 Å². The predicted molar refractivity (Wildman–Crippen MR) is 81.5 cm³/mol. The monoisotopic (exact) mass is 320 g/mol. The van der Waals surface area contributed by atoms with Crippen LogP contribution >= 0.6 is 11.6 Å². The standard InChI is InChI=1S/C16H17ClN2O3/c1-8(2)16-19-18-13(22-16)7-21-12-5-4-10(17)14-9(3)6-11(20)15(12)14/h4-5,8-9H,6-7H2,1-3H3/t9-/m1/s1. The van der Waals surface area contributed by atoms with Gasteiger partial charge in [-0.3, -0.25) is 4.79 Å². The highest BCUT2D eigenvalue weighted by atomic mass is 35.5. The van der Waals surface area contributed by atoms with Crippen molar-refractivity contribution in [3.63, 3.8) is 0 Å². The van der Waals surface area contributed by atoms with E-state index in [4.69, 9.17) is 20.8 Å². The number of hydrogen-bond acceptors (Lipinski definition) is 5. The molecule has 1 aromatic heterocycles. The predicted octanol–water partition coefficient (Wildman–Crippen LogP) is 4.12. The number of aromatic nitrogens is 2. The van der Waals surface area contributed by atoms with E-state index >= 15 is 0 Å². The molecule has 116 valence electrons. The molecule has 22 heavy (non-hydrogen) atoms. The van der Waals surface area contributed by atoms with Gasteiger partial charge in [0.2, 0.25) is 5.89 Å². The summed E-state index contributed by atoms with van der Waals surface area (Å²) >= 11 is 6.21. The molecule has 0 spiro atoms. The first-order valence-corrected chi connectivity index (χ1v) is 7.65. The Morgan fingerprint density at radius 1 is 1.41 bits per heavy atom. The van der Waals surface area contributed by atoms with Crippen LogP contribution in [-0.4, -0.2) is 16.0 Å². The zero-order chi connectivity index (χ0) is 15.9. The number of fused-ring (bicyclic) bond motifs is 1. The molecule has 3 rings (SSSR count). The molecule has 1 aliphatic carbocycles. The van der Waals surface area contributed by atoms with Crippen molar-refractivity contribution in [3.8, 4) is 5.75 Å². The molecule has 0 aliphatic heterocycles. The van der Waals surface area contributed by atoms with Crippen molar-refractivity contribution in [3.05, 3.63) is 40.1 Å². The van der Waals surface area contributed by atoms with Gasteiger partial charge in [0.1, 0.15) is 5.75 Å². The van der Waals surface area contributed by atoms with Crippen LogP contribution in [0.5, 0.6) is 5.75 Å². The van der Waals surface area contributed by atoms with Gasteiger partial charge in [-0.25, -0.2) is 0 Å². The molecule has 1 aromatic carbocycles. The number of rotatable bonds is 4. The Hall–Kier alpha value is -1.88. The quantitative estimate of drug-likeness (QED) is 0.848. The Labute approximate surface area is 133 Å². The van der Waals surface area contributed by atoms with Gasteiger partial charge in [-0.05, 0) is 23.6 Å². The van der Waals surface area contributed by atoms with Crippen molar-refractivity contribution in [2.75, 3.05) is 0 Å². The van der Waals surface area contributed by atoms with E-state index < -0.39 is 0 Å². The SMILES string of the molecule is CC(C)c1nnc(COc2ccc(Cl)c3c2C(=O)C[C@H]3C)o1. The molecule has 0 saturated carbocycles. The van der Waals surface area contributed by atoms with E-state index in [-0.39, 0.29) is 24.2 Å². The van der Waals surface area contributed by atoms with Crippen molar-refractivity contribution in [2.24, 2.45) is 0 Å². The number of carbonyl (C=O) groups is 1. The lowest BCUT2D eigenvalue weighted by Gasteiger charge is -2.11. The molecule has 6 heteroatoms. The molecule has 2 aromatic rings. The lowest BCUT2D eigenvalue weighted by atomic mass is 10.0. The lowest BCUT2D eigenvalue weighted by molar-refractivity contribution is 0.0986. The number of Topliss-reactive ketones (excluding diaryl/α,β-unsaturated/α-hetero) is 1. The molecule has 0 bridgehead atoms. The minimum absolute atomic E-state index is 0.0633. The van der Waals surface area contributed by atoms with E-state index in [9.17, 15) is 4.79 Å². The molecular weight excluding hydrogens is 304 g/mol. The van der Waals surface area contributed by atoms with Crippen molar-refractivity contribution in [1.82, 2.24) is 10.2 Å². The number of ketones is 1. The van der Waals surface area contributed by atoms with E-state index in [0.717, 1.165) is 5.56 Å². The van der Waals surface area contributed by atoms with Crippen LogP contribution in [0.1, 0.15) is 66.7 Å². The largest absolute Gasteiger partial charge is 0.483 e. The first-order valence-electron chi connectivity index (χ1n) is 7.28. The summed E-state index contributed by atoms with van der Waals surface area (Å²) in [5.74, 6) is 1.85. The summed E-state index contributed by atoms with van der Waals surface area (Å²) in [6.07, 6.45) is 0.466. The van der Waals surface area contributed by atoms with Crippen LogP contribution in [0.2, 0.25) is 5.02 Å². The first kappa shape index (κ1) is 15.0. The van der Waals surface area contributed by atoms with Crippen molar-refractivity contribution in [1.29, 1.82) is 0 Å². The zero-order valence-electron chi connectivity index (χ0n) is 12.7. The van der Waals surface area contributed by atoms with Gasteiger partial charge < -0.3 is 9.15 Å². The van der Waals surface area contributed by atoms with Gasteiger partial charge >= 0.3 is 0 Å². The van der Waals surface area contributed by atoms with Gasteiger partial charge in [0.25, 0.3) is 5.89 Å². The number of hydrogen-bond donors (Lipinski definition) is 0. The highest BCUT2D eigenvalue weighted by molar-refractivity contribution is 6.32. The first-order chi connectivity index (χ1) is 10.5. The highest BCUT2D eigenvalue weighted by Gasteiger charge is 2.31. The summed E-state index contributed by atoms with van der Waals surface area (Å²) in [5, 5.41) is 8.51. The van der Waals surface area contributed by atoms with Gasteiger partial charge in [-0.15, -0.1) is 10.2 Å². The number of carbonyl (C=O) groups excluding carboxylic acids is 1. The highest BCUT2D eigenvalue weighted by Crippen LogP contribution is 2.42. The summed E-state index contributed by atoms with van der Waals surface area (Å²) in [7, 11) is 0. The molecule has 0 saturated heterocycles. The van der Waals surface area contributed by atoms with Crippen molar-refractivity contribution >= 4 is 17.4 Å². The fourth-order valence-electron chi connectivity index (χ4n) is 2.64. The number of benzene rings is 1. The molecule has 0 radical (unpaired) electrons. The zero-order valence-corrected chi connectivity index (χ0v) is 13.5. The Balaban J connectivity index is 1.83. The van der Waals surface area contributed by atoms with Gasteiger partial charge in [0.05, 0.1) is 5.56 Å². The minimum atomic E-state index is 0.0633. The lowest BCUT2D eigenvalue weighted by Crippen LogP contribution is -2.02. The Morgan fingerprint density at radius 3 is 2.86 bits per heavy atom. The molecule has 1 atom stereocenters. The second kappa shape index (κ2) is 5.72. The number of halogens is 1. The van der Waals surface area contributed by atoms with Gasteiger partial charge in [0, 0.05) is 17.4 Å². The second-order valence-electron chi connectivity index (χ2n) is 5.84. The second-order valence-corrected chi connectivity index (χ2v) is 6.25. The van der Waals surface area contributed by atoms with Crippen LogP contribution in [0.3, 0.4) is 0 Å². The normalized spacial score (nSPS) is 17.1. The molecular formula is C16H17ClN2O3. The van der Waals surface area contributed by atoms with E-state index in [1.165, 1.54) is 0 Å². The third kappa shape index (κ3) is 2.61. The van der Waals surface area contributed by atoms with E-state index in [0.29, 0.717) is 34.5 Å². The fraction of sp³-hybridized carbons (Fsp3) is 0.438. The summed E-state index contributed by atoms with van der Waals surface area (Å²) < 4.78 is 11.2. The number of nitrogens with zero attached hydrogens (tertiary/aromatic N) is 2. The Kier molecular flexibility index (Phi) is 3.91. The third-order valence-electron chi connectivity index (χ3n) is 3.74. The molecule has 0 fully saturated rings. The van der Waals surface area contributed by atoms with E-state index in [2.05, 4.69) is 10.2 Å². The average molecular weight is 321 g/mol. The Morgan fingerprint density at radius 2 is 2.18 bits per heavy atom. The maximum atomic E-state index is 12.2. The van der Waals surface area contributed by atoms with Crippen LogP contribution in [0.15, 0.2) is 16.5 Å². The molecule has 5 nitrogen and oxygen atoms in total. The molecule has 1 aliphatic rings. The third-order valence-corrected chi connectivity index (χ3v) is 4.07.